The largest absolute Gasteiger partial charge is 0.478 e. The lowest BCUT2D eigenvalue weighted by atomic mass is 10.2. The van der Waals surface area contributed by atoms with Crippen LogP contribution in [0.2, 0.25) is 5.15 Å². The highest BCUT2D eigenvalue weighted by molar-refractivity contribution is 6.32. The summed E-state index contributed by atoms with van der Waals surface area (Å²) in [5.74, 6) is -1.11. The summed E-state index contributed by atoms with van der Waals surface area (Å²) in [6, 6.07) is 3.15. The van der Waals surface area contributed by atoms with Gasteiger partial charge in [-0.15, -0.1) is 0 Å². The predicted molar refractivity (Wildman–Crippen MR) is 53.3 cm³/mol. The van der Waals surface area contributed by atoms with Gasteiger partial charge in [0.1, 0.15) is 5.15 Å². The first-order valence-electron chi connectivity index (χ1n) is 4.07. The molecule has 0 saturated heterocycles. The van der Waals surface area contributed by atoms with E-state index in [1.165, 1.54) is 16.9 Å². The molecule has 0 aromatic carbocycles. The van der Waals surface area contributed by atoms with Gasteiger partial charge in [-0.3, -0.25) is 0 Å². The van der Waals surface area contributed by atoms with E-state index in [0.717, 1.165) is 0 Å². The summed E-state index contributed by atoms with van der Waals surface area (Å²) < 4.78 is 1.51. The fraction of sp³-hybridized carbons (Fsp3) is 0. The van der Waals surface area contributed by atoms with Crippen LogP contribution in [0, 0.1) is 0 Å². The number of carboxylic acid groups (broad SMARTS) is 1. The van der Waals surface area contributed by atoms with Crippen molar-refractivity contribution in [3.8, 4) is 5.69 Å². The molecule has 0 saturated carbocycles. The number of carbonyl (C=O) groups is 1. The molecule has 0 atom stereocenters. The lowest BCUT2D eigenvalue weighted by Crippen LogP contribution is -2.03. The van der Waals surface area contributed by atoms with E-state index in [4.69, 9.17) is 16.7 Å². The molecule has 0 amide bonds. The van der Waals surface area contributed by atoms with Gasteiger partial charge in [0.15, 0.2) is 0 Å². The average Bonchev–Trinajstić information content (AvgIpc) is 2.71. The first kappa shape index (κ1) is 9.67. The van der Waals surface area contributed by atoms with Crippen molar-refractivity contribution in [2.75, 3.05) is 0 Å². The molecule has 0 bridgehead atoms. The van der Waals surface area contributed by atoms with Gasteiger partial charge in [-0.2, -0.15) is 5.10 Å². The molecule has 0 aliphatic carbocycles. The molecule has 0 radical (unpaired) electrons. The summed E-state index contributed by atoms with van der Waals surface area (Å²) >= 11 is 5.63. The van der Waals surface area contributed by atoms with Crippen LogP contribution in [0.25, 0.3) is 5.69 Å². The maximum absolute atomic E-state index is 10.8. The molecular formula is C9H6ClN3O2. The van der Waals surface area contributed by atoms with Gasteiger partial charge in [0.2, 0.25) is 0 Å². The van der Waals surface area contributed by atoms with Crippen LogP contribution >= 0.6 is 11.6 Å². The van der Waals surface area contributed by atoms with Crippen LogP contribution in [-0.4, -0.2) is 25.8 Å². The van der Waals surface area contributed by atoms with Crippen LogP contribution in [0.1, 0.15) is 10.4 Å². The van der Waals surface area contributed by atoms with E-state index in [0.29, 0.717) is 5.69 Å². The second-order valence-electron chi connectivity index (χ2n) is 2.79. The minimum Gasteiger partial charge on any atom is -0.478 e. The number of carboxylic acids is 1. The van der Waals surface area contributed by atoms with E-state index in [9.17, 15) is 4.79 Å². The lowest BCUT2D eigenvalue weighted by Gasteiger charge is -2.03. The third-order valence-electron chi connectivity index (χ3n) is 1.82. The zero-order chi connectivity index (χ0) is 10.8. The molecule has 15 heavy (non-hydrogen) atoms. The zero-order valence-corrected chi connectivity index (χ0v) is 8.22. The Balaban J connectivity index is 2.52. The maximum atomic E-state index is 10.8. The molecular weight excluding hydrogens is 218 g/mol. The van der Waals surface area contributed by atoms with Crippen molar-refractivity contribution in [2.24, 2.45) is 0 Å². The molecule has 0 fully saturated rings. The van der Waals surface area contributed by atoms with E-state index >= 15 is 0 Å². The van der Waals surface area contributed by atoms with Crippen molar-refractivity contribution in [1.29, 1.82) is 0 Å². The second kappa shape index (κ2) is 3.70. The summed E-state index contributed by atoms with van der Waals surface area (Å²) in [6.45, 7) is 0. The normalized spacial score (nSPS) is 10.2. The first-order valence-corrected chi connectivity index (χ1v) is 4.45. The predicted octanol–water partition coefficient (Wildman–Crippen LogP) is 1.62. The second-order valence-corrected chi connectivity index (χ2v) is 3.15. The van der Waals surface area contributed by atoms with Gasteiger partial charge in [-0.25, -0.2) is 14.5 Å². The third kappa shape index (κ3) is 1.82. The molecule has 5 nitrogen and oxygen atoms in total. The van der Waals surface area contributed by atoms with Crippen LogP contribution in [0.15, 0.2) is 30.7 Å². The molecule has 0 spiro atoms. The highest BCUT2D eigenvalue weighted by Crippen LogP contribution is 2.16. The van der Waals surface area contributed by atoms with Gasteiger partial charge < -0.3 is 5.11 Å². The van der Waals surface area contributed by atoms with E-state index in [2.05, 4.69) is 10.1 Å². The van der Waals surface area contributed by atoms with Gasteiger partial charge in [0.25, 0.3) is 0 Å². The lowest BCUT2D eigenvalue weighted by molar-refractivity contribution is 0.0696. The Hall–Kier alpha value is -1.88. The molecule has 0 aliphatic rings. The Morgan fingerprint density at radius 2 is 2.33 bits per heavy atom. The smallest absolute Gasteiger partial charge is 0.338 e. The maximum Gasteiger partial charge on any atom is 0.338 e. The Kier molecular flexibility index (Phi) is 2.39. The van der Waals surface area contributed by atoms with Crippen molar-refractivity contribution in [2.45, 2.75) is 0 Å². The summed E-state index contributed by atoms with van der Waals surface area (Å²) in [7, 11) is 0. The van der Waals surface area contributed by atoms with Gasteiger partial charge >= 0.3 is 5.97 Å². The standard InChI is InChI=1S/C9H6ClN3O2/c10-8-7(9(14)15)4-6(5-11-8)13-3-1-2-12-13/h1-5H,(H,14,15). The number of hydrogen-bond donors (Lipinski definition) is 1. The quantitative estimate of drug-likeness (QED) is 0.786. The summed E-state index contributed by atoms with van der Waals surface area (Å²) in [4.78, 5) is 14.6. The number of hydrogen-bond acceptors (Lipinski definition) is 3. The topological polar surface area (TPSA) is 68.0 Å². The molecule has 1 N–H and O–H groups in total. The van der Waals surface area contributed by atoms with Gasteiger partial charge in [-0.05, 0) is 12.1 Å². The molecule has 2 heterocycles. The molecule has 6 heteroatoms. The molecule has 2 aromatic rings. The number of aromatic nitrogens is 3. The van der Waals surface area contributed by atoms with E-state index in [1.807, 2.05) is 0 Å². The highest BCUT2D eigenvalue weighted by Gasteiger charge is 2.11. The van der Waals surface area contributed by atoms with Crippen molar-refractivity contribution < 1.29 is 9.90 Å². The number of rotatable bonds is 2. The Morgan fingerprint density at radius 1 is 1.53 bits per heavy atom. The van der Waals surface area contributed by atoms with Crippen molar-refractivity contribution in [3.63, 3.8) is 0 Å². The van der Waals surface area contributed by atoms with Crippen molar-refractivity contribution in [1.82, 2.24) is 14.8 Å². The van der Waals surface area contributed by atoms with Gasteiger partial charge in [-0.1, -0.05) is 11.6 Å². The van der Waals surface area contributed by atoms with E-state index in [1.54, 1.807) is 18.5 Å². The third-order valence-corrected chi connectivity index (χ3v) is 2.13. The van der Waals surface area contributed by atoms with Crippen LogP contribution in [0.3, 0.4) is 0 Å². The average molecular weight is 224 g/mol. The summed E-state index contributed by atoms with van der Waals surface area (Å²) in [5.41, 5.74) is 0.520. The molecule has 0 aliphatic heterocycles. The minimum absolute atomic E-state index is 0.0293. The van der Waals surface area contributed by atoms with Crippen molar-refractivity contribution >= 4 is 17.6 Å². The zero-order valence-electron chi connectivity index (χ0n) is 7.46. The Morgan fingerprint density at radius 3 is 2.93 bits per heavy atom. The highest BCUT2D eigenvalue weighted by atomic mass is 35.5. The van der Waals surface area contributed by atoms with Crippen molar-refractivity contribution in [3.05, 3.63) is 41.4 Å². The van der Waals surface area contributed by atoms with Crippen LogP contribution < -0.4 is 0 Å². The van der Waals surface area contributed by atoms with Crippen LogP contribution in [-0.2, 0) is 0 Å². The number of aromatic carboxylic acids is 1. The molecule has 0 unspecified atom stereocenters. The van der Waals surface area contributed by atoms with Gasteiger partial charge in [0, 0.05) is 12.4 Å². The number of nitrogens with zero attached hydrogens (tertiary/aromatic N) is 3. The first-order chi connectivity index (χ1) is 7.18. The van der Waals surface area contributed by atoms with Crippen LogP contribution in [0.4, 0.5) is 0 Å². The fourth-order valence-electron chi connectivity index (χ4n) is 1.13. The summed E-state index contributed by atoms with van der Waals surface area (Å²) in [6.07, 6.45) is 4.74. The van der Waals surface area contributed by atoms with Crippen LogP contribution in [0.5, 0.6) is 0 Å². The van der Waals surface area contributed by atoms with E-state index in [-0.39, 0.29) is 10.7 Å². The Bertz CT molecular complexity index is 496. The summed E-state index contributed by atoms with van der Waals surface area (Å²) in [5, 5.41) is 12.8. The fourth-order valence-corrected chi connectivity index (χ4v) is 1.32. The molecule has 2 aromatic heterocycles. The number of halogens is 1. The van der Waals surface area contributed by atoms with E-state index < -0.39 is 5.97 Å². The SMILES string of the molecule is O=C(O)c1cc(-n2cccn2)cnc1Cl. The molecule has 76 valence electrons. The molecule has 2 rings (SSSR count). The monoisotopic (exact) mass is 223 g/mol. The number of pyridine rings is 1. The van der Waals surface area contributed by atoms with Gasteiger partial charge in [0.05, 0.1) is 17.4 Å². The minimum atomic E-state index is -1.11. The Labute approximate surface area is 89.9 Å².